The Morgan fingerprint density at radius 3 is 2.79 bits per heavy atom. The molecule has 2 rings (SSSR count). The summed E-state index contributed by atoms with van der Waals surface area (Å²) >= 11 is 0. The van der Waals surface area contributed by atoms with E-state index in [0.717, 1.165) is 30.4 Å². The highest BCUT2D eigenvalue weighted by atomic mass is 19.1. The maximum absolute atomic E-state index is 13.1. The van der Waals surface area contributed by atoms with Crippen LogP contribution in [-0.4, -0.2) is 12.6 Å². The first kappa shape index (κ1) is 14.5. The number of nitrogens with one attached hydrogen (secondary N) is 1. The summed E-state index contributed by atoms with van der Waals surface area (Å²) in [4.78, 5) is 0. The molecule has 2 unspecified atom stereocenters. The second-order valence-corrected chi connectivity index (χ2v) is 6.13. The van der Waals surface area contributed by atoms with E-state index in [4.69, 9.17) is 0 Å². The van der Waals surface area contributed by atoms with Crippen molar-refractivity contribution < 1.29 is 4.39 Å². The van der Waals surface area contributed by atoms with Crippen LogP contribution < -0.4 is 5.32 Å². The van der Waals surface area contributed by atoms with E-state index in [1.54, 1.807) is 12.1 Å². The molecular formula is C17H26FN. The quantitative estimate of drug-likeness (QED) is 0.840. The fourth-order valence-electron chi connectivity index (χ4n) is 3.31. The Labute approximate surface area is 116 Å². The van der Waals surface area contributed by atoms with Crippen molar-refractivity contribution in [2.75, 3.05) is 6.54 Å². The minimum Gasteiger partial charge on any atom is -0.313 e. The lowest BCUT2D eigenvalue weighted by Gasteiger charge is -2.35. The van der Waals surface area contributed by atoms with Crippen LogP contribution >= 0.6 is 0 Å². The lowest BCUT2D eigenvalue weighted by Crippen LogP contribution is -2.41. The van der Waals surface area contributed by atoms with Gasteiger partial charge in [-0.1, -0.05) is 38.8 Å². The van der Waals surface area contributed by atoms with Crippen LogP contribution in [0.25, 0.3) is 0 Å². The van der Waals surface area contributed by atoms with Gasteiger partial charge in [0.2, 0.25) is 0 Å². The van der Waals surface area contributed by atoms with Crippen molar-refractivity contribution in [2.24, 2.45) is 11.8 Å². The Morgan fingerprint density at radius 2 is 2.05 bits per heavy atom. The third-order valence-corrected chi connectivity index (χ3v) is 4.38. The second kappa shape index (κ2) is 7.04. The fraction of sp³-hybridized carbons (Fsp3) is 0.647. The Bertz CT molecular complexity index is 389. The van der Waals surface area contributed by atoms with Gasteiger partial charge in [0.25, 0.3) is 0 Å². The normalized spacial score (nSPS) is 23.8. The summed E-state index contributed by atoms with van der Waals surface area (Å²) in [6.45, 7) is 5.62. The van der Waals surface area contributed by atoms with Crippen LogP contribution in [0.5, 0.6) is 0 Å². The summed E-state index contributed by atoms with van der Waals surface area (Å²) in [5, 5.41) is 3.70. The average Bonchev–Trinajstić information content (AvgIpc) is 2.39. The van der Waals surface area contributed by atoms with Crippen molar-refractivity contribution in [3.05, 3.63) is 35.6 Å². The molecule has 1 saturated carbocycles. The first-order chi connectivity index (χ1) is 9.16. The number of hydrogen-bond acceptors (Lipinski definition) is 1. The van der Waals surface area contributed by atoms with E-state index in [1.165, 1.54) is 31.7 Å². The highest BCUT2D eigenvalue weighted by molar-refractivity contribution is 5.16. The monoisotopic (exact) mass is 263 g/mol. The smallest absolute Gasteiger partial charge is 0.123 e. The van der Waals surface area contributed by atoms with E-state index in [-0.39, 0.29) is 5.82 Å². The topological polar surface area (TPSA) is 12.0 Å². The van der Waals surface area contributed by atoms with Crippen LogP contribution in [0.2, 0.25) is 0 Å². The van der Waals surface area contributed by atoms with Crippen molar-refractivity contribution in [1.29, 1.82) is 0 Å². The van der Waals surface area contributed by atoms with Gasteiger partial charge in [-0.2, -0.15) is 0 Å². The minimum atomic E-state index is -0.129. The molecule has 0 heterocycles. The molecule has 0 bridgehead atoms. The van der Waals surface area contributed by atoms with E-state index in [9.17, 15) is 4.39 Å². The van der Waals surface area contributed by atoms with Gasteiger partial charge in [0.05, 0.1) is 0 Å². The van der Waals surface area contributed by atoms with E-state index in [2.05, 4.69) is 19.2 Å². The van der Waals surface area contributed by atoms with Gasteiger partial charge in [-0.3, -0.25) is 0 Å². The Balaban J connectivity index is 1.81. The predicted molar refractivity (Wildman–Crippen MR) is 78.7 cm³/mol. The van der Waals surface area contributed by atoms with E-state index in [1.807, 2.05) is 6.07 Å². The molecule has 0 aromatic heterocycles. The Kier molecular flexibility index (Phi) is 5.38. The SMILES string of the molecule is CC(C)C1CCCCC1NCCc1cccc(F)c1. The van der Waals surface area contributed by atoms with E-state index < -0.39 is 0 Å². The first-order valence-corrected chi connectivity index (χ1v) is 7.64. The Hall–Kier alpha value is -0.890. The molecule has 0 amide bonds. The van der Waals surface area contributed by atoms with Crippen molar-refractivity contribution in [3.8, 4) is 0 Å². The zero-order valence-electron chi connectivity index (χ0n) is 12.2. The zero-order valence-corrected chi connectivity index (χ0v) is 12.2. The van der Waals surface area contributed by atoms with Crippen LogP contribution in [0.3, 0.4) is 0 Å². The van der Waals surface area contributed by atoms with Gasteiger partial charge in [0, 0.05) is 6.04 Å². The number of hydrogen-bond donors (Lipinski definition) is 1. The van der Waals surface area contributed by atoms with Crippen LogP contribution in [0.15, 0.2) is 24.3 Å². The van der Waals surface area contributed by atoms with Crippen LogP contribution in [-0.2, 0) is 6.42 Å². The third-order valence-electron chi connectivity index (χ3n) is 4.38. The minimum absolute atomic E-state index is 0.129. The maximum Gasteiger partial charge on any atom is 0.123 e. The molecule has 2 heteroatoms. The van der Waals surface area contributed by atoms with Gasteiger partial charge < -0.3 is 5.32 Å². The summed E-state index contributed by atoms with van der Waals surface area (Å²) in [5.74, 6) is 1.43. The van der Waals surface area contributed by atoms with Gasteiger partial charge in [0.15, 0.2) is 0 Å². The molecule has 2 atom stereocenters. The highest BCUT2D eigenvalue weighted by Crippen LogP contribution is 2.30. The van der Waals surface area contributed by atoms with Crippen molar-refractivity contribution in [1.82, 2.24) is 5.32 Å². The first-order valence-electron chi connectivity index (χ1n) is 7.64. The predicted octanol–water partition coefficient (Wildman–Crippen LogP) is 4.17. The molecule has 1 aromatic rings. The molecule has 106 valence electrons. The van der Waals surface area contributed by atoms with Crippen molar-refractivity contribution in [2.45, 2.75) is 52.0 Å². The molecule has 0 radical (unpaired) electrons. The van der Waals surface area contributed by atoms with Gasteiger partial charge in [0.1, 0.15) is 5.82 Å². The lowest BCUT2D eigenvalue weighted by molar-refractivity contribution is 0.207. The Morgan fingerprint density at radius 1 is 1.26 bits per heavy atom. The molecule has 0 saturated heterocycles. The van der Waals surface area contributed by atoms with Crippen LogP contribution in [0.1, 0.15) is 45.1 Å². The number of halogens is 1. The molecule has 19 heavy (non-hydrogen) atoms. The number of rotatable bonds is 5. The lowest BCUT2D eigenvalue weighted by atomic mass is 9.78. The van der Waals surface area contributed by atoms with Crippen molar-refractivity contribution >= 4 is 0 Å². The summed E-state index contributed by atoms with van der Waals surface area (Å²) in [6, 6.07) is 7.60. The molecule has 0 aliphatic heterocycles. The molecule has 1 fully saturated rings. The average molecular weight is 263 g/mol. The molecule has 0 spiro atoms. The largest absolute Gasteiger partial charge is 0.313 e. The molecular weight excluding hydrogens is 237 g/mol. The van der Waals surface area contributed by atoms with Crippen molar-refractivity contribution in [3.63, 3.8) is 0 Å². The second-order valence-electron chi connectivity index (χ2n) is 6.13. The highest BCUT2D eigenvalue weighted by Gasteiger charge is 2.26. The fourth-order valence-corrected chi connectivity index (χ4v) is 3.31. The van der Waals surface area contributed by atoms with Gasteiger partial charge in [-0.05, 0) is 55.3 Å². The summed E-state index contributed by atoms with van der Waals surface area (Å²) in [7, 11) is 0. The van der Waals surface area contributed by atoms with Gasteiger partial charge >= 0.3 is 0 Å². The van der Waals surface area contributed by atoms with Crippen LogP contribution in [0.4, 0.5) is 4.39 Å². The zero-order chi connectivity index (χ0) is 13.7. The summed E-state index contributed by atoms with van der Waals surface area (Å²) in [6.07, 6.45) is 6.30. The number of benzene rings is 1. The van der Waals surface area contributed by atoms with Crippen LogP contribution in [0, 0.1) is 17.7 Å². The third kappa shape index (κ3) is 4.31. The molecule has 1 aliphatic carbocycles. The summed E-state index contributed by atoms with van der Waals surface area (Å²) < 4.78 is 13.1. The maximum atomic E-state index is 13.1. The summed E-state index contributed by atoms with van der Waals surface area (Å²) in [5.41, 5.74) is 1.09. The van der Waals surface area contributed by atoms with E-state index in [0.29, 0.717) is 6.04 Å². The molecule has 1 aromatic carbocycles. The molecule has 1 N–H and O–H groups in total. The standard InChI is InChI=1S/C17H26FN/c1-13(2)16-8-3-4-9-17(16)19-11-10-14-6-5-7-15(18)12-14/h5-7,12-13,16-17,19H,3-4,8-11H2,1-2H3. The van der Waals surface area contributed by atoms with Gasteiger partial charge in [-0.15, -0.1) is 0 Å². The molecule has 1 aliphatic rings. The van der Waals surface area contributed by atoms with E-state index >= 15 is 0 Å². The van der Waals surface area contributed by atoms with Gasteiger partial charge in [-0.25, -0.2) is 4.39 Å². The molecule has 1 nitrogen and oxygen atoms in total.